The van der Waals surface area contributed by atoms with E-state index in [1.807, 2.05) is 0 Å². The molecule has 1 saturated heterocycles. The third kappa shape index (κ3) is 1.76. The quantitative estimate of drug-likeness (QED) is 0.798. The van der Waals surface area contributed by atoms with Gasteiger partial charge in [0.2, 0.25) is 0 Å². The summed E-state index contributed by atoms with van der Waals surface area (Å²) in [5, 5.41) is 3.35. The lowest BCUT2D eigenvalue weighted by Gasteiger charge is -2.24. The second-order valence-corrected chi connectivity index (χ2v) is 4.82. The average Bonchev–Trinajstić information content (AvgIpc) is 2.59. The second-order valence-electron chi connectivity index (χ2n) is 4.82. The zero-order valence-corrected chi connectivity index (χ0v) is 9.75. The SMILES string of the molecule is Cc1[nH]c(C2CCC2)nc1C1CNCCO1. The van der Waals surface area contributed by atoms with Gasteiger partial charge in [-0.2, -0.15) is 0 Å². The smallest absolute Gasteiger partial charge is 0.114 e. The maximum atomic E-state index is 5.74. The van der Waals surface area contributed by atoms with E-state index >= 15 is 0 Å². The Kier molecular flexibility index (Phi) is 2.69. The zero-order chi connectivity index (χ0) is 11.0. The highest BCUT2D eigenvalue weighted by Crippen LogP contribution is 2.35. The fraction of sp³-hybridized carbons (Fsp3) is 0.750. The second kappa shape index (κ2) is 4.18. The summed E-state index contributed by atoms with van der Waals surface area (Å²) in [6.45, 7) is 4.73. The van der Waals surface area contributed by atoms with E-state index in [0.29, 0.717) is 5.92 Å². The Morgan fingerprint density at radius 3 is 2.88 bits per heavy atom. The maximum absolute atomic E-state index is 5.74. The van der Waals surface area contributed by atoms with E-state index in [4.69, 9.17) is 9.72 Å². The number of hydrogen-bond acceptors (Lipinski definition) is 3. The molecule has 3 rings (SSSR count). The van der Waals surface area contributed by atoms with Crippen LogP contribution in [-0.2, 0) is 4.74 Å². The van der Waals surface area contributed by atoms with E-state index in [2.05, 4.69) is 17.2 Å². The third-order valence-corrected chi connectivity index (χ3v) is 3.67. The van der Waals surface area contributed by atoms with Crippen LogP contribution in [0.25, 0.3) is 0 Å². The van der Waals surface area contributed by atoms with Crippen LogP contribution >= 0.6 is 0 Å². The van der Waals surface area contributed by atoms with E-state index in [1.54, 1.807) is 0 Å². The molecular weight excluding hydrogens is 202 g/mol. The fourth-order valence-electron chi connectivity index (χ4n) is 2.43. The Balaban J connectivity index is 1.79. The number of hydrogen-bond donors (Lipinski definition) is 2. The third-order valence-electron chi connectivity index (χ3n) is 3.67. The molecule has 0 radical (unpaired) electrons. The first-order valence-electron chi connectivity index (χ1n) is 6.23. The molecule has 2 N–H and O–H groups in total. The number of aromatic nitrogens is 2. The van der Waals surface area contributed by atoms with Crippen molar-refractivity contribution >= 4 is 0 Å². The molecule has 1 unspecified atom stereocenters. The van der Waals surface area contributed by atoms with Crippen molar-refractivity contribution in [1.82, 2.24) is 15.3 Å². The van der Waals surface area contributed by atoms with Crippen LogP contribution in [0.5, 0.6) is 0 Å². The molecule has 1 aliphatic heterocycles. The largest absolute Gasteiger partial charge is 0.369 e. The average molecular weight is 221 g/mol. The lowest BCUT2D eigenvalue weighted by molar-refractivity contribution is 0.0248. The van der Waals surface area contributed by atoms with Gasteiger partial charge in [-0.25, -0.2) is 4.98 Å². The van der Waals surface area contributed by atoms with Gasteiger partial charge < -0.3 is 15.0 Å². The minimum Gasteiger partial charge on any atom is -0.369 e. The summed E-state index contributed by atoms with van der Waals surface area (Å²) in [5.74, 6) is 1.84. The molecular formula is C12H19N3O. The van der Waals surface area contributed by atoms with Gasteiger partial charge in [0.05, 0.1) is 12.3 Å². The Morgan fingerprint density at radius 1 is 1.38 bits per heavy atom. The van der Waals surface area contributed by atoms with Crippen LogP contribution in [0, 0.1) is 6.92 Å². The maximum Gasteiger partial charge on any atom is 0.114 e. The topological polar surface area (TPSA) is 49.9 Å². The standard InChI is InChI=1S/C12H19N3O/c1-8-11(10-7-13-5-6-16-10)15-12(14-8)9-3-2-4-9/h9-10,13H,2-7H2,1H3,(H,14,15). The summed E-state index contributed by atoms with van der Waals surface area (Å²) in [6, 6.07) is 0. The van der Waals surface area contributed by atoms with E-state index in [-0.39, 0.29) is 6.10 Å². The number of H-pyrrole nitrogens is 1. The molecule has 0 spiro atoms. The van der Waals surface area contributed by atoms with Gasteiger partial charge in [0.1, 0.15) is 11.9 Å². The van der Waals surface area contributed by atoms with Crippen molar-refractivity contribution in [3.8, 4) is 0 Å². The van der Waals surface area contributed by atoms with Crippen LogP contribution in [0.3, 0.4) is 0 Å². The Labute approximate surface area is 95.8 Å². The summed E-state index contributed by atoms with van der Waals surface area (Å²) in [6.07, 6.45) is 4.06. The van der Waals surface area contributed by atoms with Crippen LogP contribution in [-0.4, -0.2) is 29.7 Å². The van der Waals surface area contributed by atoms with Crippen LogP contribution in [0.15, 0.2) is 0 Å². The van der Waals surface area contributed by atoms with Gasteiger partial charge in [-0.3, -0.25) is 0 Å². The van der Waals surface area contributed by atoms with Gasteiger partial charge >= 0.3 is 0 Å². The monoisotopic (exact) mass is 221 g/mol. The molecule has 16 heavy (non-hydrogen) atoms. The summed E-state index contributed by atoms with van der Waals surface area (Å²) in [7, 11) is 0. The van der Waals surface area contributed by atoms with Crippen molar-refractivity contribution < 1.29 is 4.74 Å². The van der Waals surface area contributed by atoms with Crippen LogP contribution in [0.1, 0.15) is 48.5 Å². The van der Waals surface area contributed by atoms with Crippen LogP contribution < -0.4 is 5.32 Å². The van der Waals surface area contributed by atoms with Gasteiger partial charge in [0.15, 0.2) is 0 Å². The number of imidazole rings is 1. The van der Waals surface area contributed by atoms with Crippen molar-refractivity contribution in [3.63, 3.8) is 0 Å². The molecule has 4 nitrogen and oxygen atoms in total. The molecule has 2 heterocycles. The highest BCUT2D eigenvalue weighted by atomic mass is 16.5. The van der Waals surface area contributed by atoms with Gasteiger partial charge in [0, 0.05) is 24.7 Å². The molecule has 1 atom stereocenters. The van der Waals surface area contributed by atoms with E-state index in [1.165, 1.54) is 30.8 Å². The number of aromatic amines is 1. The number of morpholine rings is 1. The normalized spacial score (nSPS) is 26.7. The molecule has 2 fully saturated rings. The number of nitrogens with zero attached hydrogens (tertiary/aromatic N) is 1. The van der Waals surface area contributed by atoms with E-state index in [9.17, 15) is 0 Å². The highest BCUT2D eigenvalue weighted by molar-refractivity contribution is 5.19. The fourth-order valence-corrected chi connectivity index (χ4v) is 2.43. The molecule has 0 aromatic carbocycles. The van der Waals surface area contributed by atoms with Crippen molar-refractivity contribution in [1.29, 1.82) is 0 Å². The predicted octanol–water partition coefficient (Wildman–Crippen LogP) is 1.65. The van der Waals surface area contributed by atoms with Gasteiger partial charge in [-0.05, 0) is 19.8 Å². The van der Waals surface area contributed by atoms with Crippen molar-refractivity contribution in [2.75, 3.05) is 19.7 Å². The Morgan fingerprint density at radius 2 is 2.25 bits per heavy atom. The molecule has 0 amide bonds. The highest BCUT2D eigenvalue weighted by Gasteiger charge is 2.26. The number of nitrogens with one attached hydrogen (secondary N) is 2. The molecule has 4 heteroatoms. The molecule has 88 valence electrons. The Hall–Kier alpha value is -0.870. The first-order chi connectivity index (χ1) is 7.84. The number of ether oxygens (including phenoxy) is 1. The molecule has 2 aliphatic rings. The zero-order valence-electron chi connectivity index (χ0n) is 9.75. The summed E-state index contributed by atoms with van der Waals surface area (Å²) in [4.78, 5) is 8.16. The first kappa shape index (κ1) is 10.3. The lowest BCUT2D eigenvalue weighted by Crippen LogP contribution is -2.33. The van der Waals surface area contributed by atoms with Crippen molar-refractivity contribution in [2.45, 2.75) is 38.2 Å². The van der Waals surface area contributed by atoms with E-state index in [0.717, 1.165) is 25.4 Å². The van der Waals surface area contributed by atoms with Crippen LogP contribution in [0.2, 0.25) is 0 Å². The summed E-state index contributed by atoms with van der Waals surface area (Å²) in [5.41, 5.74) is 2.28. The predicted molar refractivity (Wildman–Crippen MR) is 61.5 cm³/mol. The van der Waals surface area contributed by atoms with Gasteiger partial charge in [-0.15, -0.1) is 0 Å². The minimum atomic E-state index is 0.138. The number of aryl methyl sites for hydroxylation is 1. The summed E-state index contributed by atoms with van der Waals surface area (Å²) < 4.78 is 5.74. The molecule has 0 bridgehead atoms. The molecule has 1 saturated carbocycles. The molecule has 1 aromatic rings. The van der Waals surface area contributed by atoms with E-state index < -0.39 is 0 Å². The van der Waals surface area contributed by atoms with Gasteiger partial charge in [0.25, 0.3) is 0 Å². The van der Waals surface area contributed by atoms with Crippen molar-refractivity contribution in [3.05, 3.63) is 17.2 Å². The minimum absolute atomic E-state index is 0.138. The first-order valence-corrected chi connectivity index (χ1v) is 6.23. The van der Waals surface area contributed by atoms with Crippen molar-refractivity contribution in [2.24, 2.45) is 0 Å². The lowest BCUT2D eigenvalue weighted by atomic mass is 9.85. The molecule has 1 aliphatic carbocycles. The molecule has 1 aromatic heterocycles. The summed E-state index contributed by atoms with van der Waals surface area (Å²) >= 11 is 0. The number of rotatable bonds is 2. The van der Waals surface area contributed by atoms with Gasteiger partial charge in [-0.1, -0.05) is 6.42 Å². The van der Waals surface area contributed by atoms with Crippen LogP contribution in [0.4, 0.5) is 0 Å². The Bertz CT molecular complexity index is 364.